The summed E-state index contributed by atoms with van der Waals surface area (Å²) in [4.78, 5) is 0. The Morgan fingerprint density at radius 2 is 1.94 bits per heavy atom. The van der Waals surface area contributed by atoms with Crippen molar-refractivity contribution in [3.8, 4) is 11.5 Å². The van der Waals surface area contributed by atoms with Crippen molar-refractivity contribution in [2.24, 2.45) is 5.73 Å². The fraction of sp³-hybridized carbons (Fsp3) is 0.571. The predicted octanol–water partition coefficient (Wildman–Crippen LogP) is 1.95. The Morgan fingerprint density at radius 1 is 1.28 bits per heavy atom. The molecule has 1 atom stereocenters. The topological polar surface area (TPSA) is 64.7 Å². The van der Waals surface area contributed by atoms with Crippen molar-refractivity contribution in [2.75, 3.05) is 20.3 Å². The molecule has 1 unspecified atom stereocenters. The van der Waals surface area contributed by atoms with E-state index >= 15 is 0 Å². The van der Waals surface area contributed by atoms with Crippen molar-refractivity contribution >= 4 is 0 Å². The van der Waals surface area contributed by atoms with E-state index < -0.39 is 5.54 Å². The summed E-state index contributed by atoms with van der Waals surface area (Å²) in [5.74, 6) is 1.47. The molecule has 0 saturated carbocycles. The number of rotatable bonds is 8. The Kier molecular flexibility index (Phi) is 5.95. The number of para-hydroxylation sites is 2. The molecular formula is C14H23NO3. The Hall–Kier alpha value is -1.26. The lowest BCUT2D eigenvalue weighted by atomic mass is 9.93. The summed E-state index contributed by atoms with van der Waals surface area (Å²) >= 11 is 0. The maximum atomic E-state index is 9.20. The van der Waals surface area contributed by atoms with Gasteiger partial charge in [0.1, 0.15) is 0 Å². The molecule has 0 aliphatic carbocycles. The molecule has 1 aromatic carbocycles. The quantitative estimate of drug-likeness (QED) is 0.695. The lowest BCUT2D eigenvalue weighted by molar-refractivity contribution is 0.171. The molecule has 0 aromatic heterocycles. The summed E-state index contributed by atoms with van der Waals surface area (Å²) in [5.41, 5.74) is 5.52. The van der Waals surface area contributed by atoms with Crippen molar-refractivity contribution in [3.63, 3.8) is 0 Å². The van der Waals surface area contributed by atoms with Gasteiger partial charge in [0.2, 0.25) is 0 Å². The van der Waals surface area contributed by atoms with Gasteiger partial charge in [0, 0.05) is 5.54 Å². The number of benzene rings is 1. The van der Waals surface area contributed by atoms with E-state index in [1.165, 1.54) is 0 Å². The van der Waals surface area contributed by atoms with Gasteiger partial charge in [-0.3, -0.25) is 0 Å². The molecule has 0 heterocycles. The van der Waals surface area contributed by atoms with Gasteiger partial charge in [-0.25, -0.2) is 0 Å². The lowest BCUT2D eigenvalue weighted by Gasteiger charge is -2.25. The van der Waals surface area contributed by atoms with Crippen molar-refractivity contribution in [2.45, 2.75) is 31.7 Å². The molecule has 0 bridgehead atoms. The van der Waals surface area contributed by atoms with Gasteiger partial charge in [-0.05, 0) is 31.4 Å². The van der Waals surface area contributed by atoms with Gasteiger partial charge in [-0.2, -0.15) is 0 Å². The van der Waals surface area contributed by atoms with Gasteiger partial charge in [0.15, 0.2) is 11.5 Å². The summed E-state index contributed by atoms with van der Waals surface area (Å²) in [7, 11) is 1.62. The molecule has 0 amide bonds. The van der Waals surface area contributed by atoms with Gasteiger partial charge in [0.25, 0.3) is 0 Å². The van der Waals surface area contributed by atoms with Crippen LogP contribution in [0.3, 0.4) is 0 Å². The monoisotopic (exact) mass is 253 g/mol. The summed E-state index contributed by atoms with van der Waals surface area (Å²) in [6, 6.07) is 7.55. The Balaban J connectivity index is 2.38. The second-order valence-corrected chi connectivity index (χ2v) is 4.48. The van der Waals surface area contributed by atoms with Crippen LogP contribution in [-0.2, 0) is 0 Å². The normalized spacial score (nSPS) is 14.0. The Labute approximate surface area is 109 Å². The third-order valence-corrected chi connectivity index (χ3v) is 3.16. The summed E-state index contributed by atoms with van der Waals surface area (Å²) < 4.78 is 10.8. The molecule has 18 heavy (non-hydrogen) atoms. The summed E-state index contributed by atoms with van der Waals surface area (Å²) in [6.45, 7) is 2.56. The number of hydrogen-bond acceptors (Lipinski definition) is 4. The number of nitrogens with two attached hydrogens (primary N) is 1. The van der Waals surface area contributed by atoms with Crippen LogP contribution in [0, 0.1) is 0 Å². The van der Waals surface area contributed by atoms with Crippen LogP contribution in [0.25, 0.3) is 0 Å². The third kappa shape index (κ3) is 4.20. The smallest absolute Gasteiger partial charge is 0.161 e. The Bertz CT molecular complexity index is 351. The molecule has 0 aliphatic rings. The number of methoxy groups -OCH3 is 1. The van der Waals surface area contributed by atoms with E-state index in [4.69, 9.17) is 15.2 Å². The minimum atomic E-state index is -0.482. The average molecular weight is 253 g/mol. The van der Waals surface area contributed by atoms with Crippen molar-refractivity contribution in [1.82, 2.24) is 0 Å². The van der Waals surface area contributed by atoms with E-state index in [0.717, 1.165) is 30.8 Å². The third-order valence-electron chi connectivity index (χ3n) is 3.16. The van der Waals surface area contributed by atoms with Crippen LogP contribution in [0.1, 0.15) is 26.2 Å². The van der Waals surface area contributed by atoms with E-state index in [0.29, 0.717) is 6.61 Å². The van der Waals surface area contributed by atoms with E-state index in [1.54, 1.807) is 7.11 Å². The van der Waals surface area contributed by atoms with Crippen LogP contribution in [0.15, 0.2) is 24.3 Å². The second kappa shape index (κ2) is 7.24. The zero-order valence-electron chi connectivity index (χ0n) is 11.2. The largest absolute Gasteiger partial charge is 0.493 e. The first-order chi connectivity index (χ1) is 8.65. The van der Waals surface area contributed by atoms with E-state index in [-0.39, 0.29) is 6.61 Å². The molecule has 102 valence electrons. The lowest BCUT2D eigenvalue weighted by Crippen LogP contribution is -2.43. The predicted molar refractivity (Wildman–Crippen MR) is 72.0 cm³/mol. The van der Waals surface area contributed by atoms with Crippen molar-refractivity contribution in [3.05, 3.63) is 24.3 Å². The first-order valence-electron chi connectivity index (χ1n) is 6.31. The van der Waals surface area contributed by atoms with E-state index in [2.05, 4.69) is 0 Å². The average Bonchev–Trinajstić information content (AvgIpc) is 2.43. The number of aliphatic hydroxyl groups excluding tert-OH is 1. The van der Waals surface area contributed by atoms with Crippen LogP contribution >= 0.6 is 0 Å². The SMILES string of the molecule is CCC(N)(CO)CCCOc1ccccc1OC. The number of hydrogen-bond donors (Lipinski definition) is 2. The first kappa shape index (κ1) is 14.8. The molecule has 1 aromatic rings. The van der Waals surface area contributed by atoms with Crippen LogP contribution < -0.4 is 15.2 Å². The van der Waals surface area contributed by atoms with E-state index in [9.17, 15) is 5.11 Å². The van der Waals surface area contributed by atoms with Crippen LogP contribution in [0.5, 0.6) is 11.5 Å². The molecule has 0 spiro atoms. The maximum Gasteiger partial charge on any atom is 0.161 e. The molecule has 1 rings (SSSR count). The maximum absolute atomic E-state index is 9.20. The zero-order valence-corrected chi connectivity index (χ0v) is 11.2. The van der Waals surface area contributed by atoms with Gasteiger partial charge in [0.05, 0.1) is 20.3 Å². The standard InChI is InChI=1S/C14H23NO3/c1-3-14(15,11-16)9-6-10-18-13-8-5-4-7-12(13)17-2/h4-5,7-8,16H,3,6,9-11,15H2,1-2H3. The second-order valence-electron chi connectivity index (χ2n) is 4.48. The molecule has 0 saturated heterocycles. The summed E-state index contributed by atoms with van der Waals surface area (Å²) in [6.07, 6.45) is 2.32. The zero-order chi connectivity index (χ0) is 13.4. The first-order valence-corrected chi connectivity index (χ1v) is 6.31. The van der Waals surface area contributed by atoms with Crippen molar-refractivity contribution < 1.29 is 14.6 Å². The fourth-order valence-corrected chi connectivity index (χ4v) is 1.71. The van der Waals surface area contributed by atoms with E-state index in [1.807, 2.05) is 31.2 Å². The molecule has 3 N–H and O–H groups in total. The minimum absolute atomic E-state index is 0.0121. The number of ether oxygens (including phenoxy) is 2. The minimum Gasteiger partial charge on any atom is -0.493 e. The summed E-state index contributed by atoms with van der Waals surface area (Å²) in [5, 5.41) is 9.20. The molecule has 0 aliphatic heterocycles. The number of aliphatic hydroxyl groups is 1. The molecule has 0 radical (unpaired) electrons. The highest BCUT2D eigenvalue weighted by Crippen LogP contribution is 2.26. The van der Waals surface area contributed by atoms with Crippen LogP contribution in [0.4, 0.5) is 0 Å². The van der Waals surface area contributed by atoms with Crippen LogP contribution in [-0.4, -0.2) is 31.0 Å². The highest BCUT2D eigenvalue weighted by Gasteiger charge is 2.20. The molecule has 4 heteroatoms. The van der Waals surface area contributed by atoms with Gasteiger partial charge >= 0.3 is 0 Å². The van der Waals surface area contributed by atoms with Crippen molar-refractivity contribution in [1.29, 1.82) is 0 Å². The van der Waals surface area contributed by atoms with Gasteiger partial charge in [-0.15, -0.1) is 0 Å². The fourth-order valence-electron chi connectivity index (χ4n) is 1.71. The molecular weight excluding hydrogens is 230 g/mol. The highest BCUT2D eigenvalue weighted by molar-refractivity contribution is 5.39. The molecule has 4 nitrogen and oxygen atoms in total. The molecule has 0 fully saturated rings. The highest BCUT2D eigenvalue weighted by atomic mass is 16.5. The van der Waals surface area contributed by atoms with Crippen LogP contribution in [0.2, 0.25) is 0 Å². The van der Waals surface area contributed by atoms with Gasteiger partial charge < -0.3 is 20.3 Å². The Morgan fingerprint density at radius 3 is 2.50 bits per heavy atom. The van der Waals surface area contributed by atoms with Gasteiger partial charge in [-0.1, -0.05) is 19.1 Å².